The van der Waals surface area contributed by atoms with Gasteiger partial charge in [0, 0.05) is 18.1 Å². The van der Waals surface area contributed by atoms with Gasteiger partial charge in [-0.2, -0.15) is 26.3 Å². The first-order chi connectivity index (χ1) is 18.0. The highest BCUT2D eigenvalue weighted by Crippen LogP contribution is 2.40. The Bertz CT molecular complexity index is 936. The van der Waals surface area contributed by atoms with Gasteiger partial charge < -0.3 is 26.0 Å². The fourth-order valence-electron chi connectivity index (χ4n) is 4.02. The van der Waals surface area contributed by atoms with Crippen molar-refractivity contribution < 1.29 is 56.0 Å². The minimum Gasteiger partial charge on any atom is -0.480 e. The van der Waals surface area contributed by atoms with Gasteiger partial charge >= 0.3 is 30.3 Å². The molecule has 2 saturated carbocycles. The van der Waals surface area contributed by atoms with Crippen molar-refractivity contribution in [2.45, 2.75) is 75.9 Å². The molecule has 0 radical (unpaired) electrons. The average molecular weight is 571 g/mol. The SMILES string of the molecule is CC/C(=C\c1ccccc1)[C@@H]1C[C@H]1NC1CCC(NCC(=O)O)CC1.O=C(O)C(F)(F)F.O=C(O)C(F)(F)F. The van der Waals surface area contributed by atoms with Crippen LogP contribution in [0.4, 0.5) is 26.3 Å². The lowest BCUT2D eigenvalue weighted by molar-refractivity contribution is -0.193. The maximum Gasteiger partial charge on any atom is 0.490 e. The molecule has 0 aliphatic heterocycles. The highest BCUT2D eigenvalue weighted by Gasteiger charge is 2.41. The van der Waals surface area contributed by atoms with Crippen LogP contribution in [0, 0.1) is 5.92 Å². The second kappa shape index (κ2) is 15.5. The summed E-state index contributed by atoms with van der Waals surface area (Å²) in [7, 11) is 0. The van der Waals surface area contributed by atoms with Gasteiger partial charge in [-0.1, -0.05) is 48.9 Å². The zero-order valence-corrected chi connectivity index (χ0v) is 21.1. The molecule has 0 heterocycles. The fourth-order valence-corrected chi connectivity index (χ4v) is 4.02. The summed E-state index contributed by atoms with van der Waals surface area (Å²) in [6.07, 6.45) is -1.01. The minimum atomic E-state index is -5.08. The zero-order chi connectivity index (χ0) is 29.8. The molecule has 0 amide bonds. The number of rotatable bonds is 8. The van der Waals surface area contributed by atoms with Crippen LogP contribution in [0.2, 0.25) is 0 Å². The molecule has 2 atom stereocenters. The first-order valence-corrected chi connectivity index (χ1v) is 12.1. The number of benzene rings is 1. The van der Waals surface area contributed by atoms with E-state index >= 15 is 0 Å². The number of carboxylic acids is 3. The molecule has 39 heavy (non-hydrogen) atoms. The van der Waals surface area contributed by atoms with Crippen molar-refractivity contribution in [2.24, 2.45) is 5.92 Å². The van der Waals surface area contributed by atoms with Crippen molar-refractivity contribution in [2.75, 3.05) is 6.54 Å². The molecule has 14 heteroatoms. The van der Waals surface area contributed by atoms with Gasteiger partial charge in [-0.3, -0.25) is 4.79 Å². The second-order valence-corrected chi connectivity index (χ2v) is 9.03. The number of carboxylic acid groups (broad SMARTS) is 3. The van der Waals surface area contributed by atoms with E-state index in [0.29, 0.717) is 24.0 Å². The smallest absolute Gasteiger partial charge is 0.480 e. The Morgan fingerprint density at radius 2 is 1.33 bits per heavy atom. The molecule has 2 aliphatic carbocycles. The summed E-state index contributed by atoms with van der Waals surface area (Å²) in [4.78, 5) is 28.4. The van der Waals surface area contributed by atoms with Crippen LogP contribution in [-0.4, -0.2) is 70.3 Å². The molecule has 0 saturated heterocycles. The molecule has 5 N–H and O–H groups in total. The molecule has 1 aromatic carbocycles. The maximum absolute atomic E-state index is 10.6. The summed E-state index contributed by atoms with van der Waals surface area (Å²) >= 11 is 0. The highest BCUT2D eigenvalue weighted by molar-refractivity contribution is 5.73. The van der Waals surface area contributed by atoms with Crippen LogP contribution >= 0.6 is 0 Å². The standard InChI is InChI=1S/C21H30N2O2.2C2HF3O2/c1-2-16(12-15-6-4-3-5-7-15)19-13-20(19)23-18-10-8-17(9-11-18)22-14-21(24)25;2*3-2(4,5)1(6)7/h3-7,12,17-20,22-23H,2,8-11,13-14H2,1H3,(H,24,25);2*(H,6,7)/b16-12+;;/t17?,18?,19-,20+;;/m0../s1. The molecular formula is C25H32F6N2O6. The lowest BCUT2D eigenvalue weighted by Gasteiger charge is -2.29. The predicted molar refractivity (Wildman–Crippen MR) is 129 cm³/mol. The summed E-state index contributed by atoms with van der Waals surface area (Å²) < 4.78 is 63.5. The van der Waals surface area contributed by atoms with E-state index in [9.17, 15) is 31.1 Å². The van der Waals surface area contributed by atoms with Crippen molar-refractivity contribution in [1.82, 2.24) is 10.6 Å². The van der Waals surface area contributed by atoms with Gasteiger partial charge in [-0.05, 0) is 50.0 Å². The Balaban J connectivity index is 0.000000449. The summed E-state index contributed by atoms with van der Waals surface area (Å²) in [5.41, 5.74) is 2.86. The number of carbonyl (C=O) groups is 3. The lowest BCUT2D eigenvalue weighted by atomic mass is 9.91. The largest absolute Gasteiger partial charge is 0.490 e. The number of hydrogen-bond acceptors (Lipinski definition) is 5. The summed E-state index contributed by atoms with van der Waals surface area (Å²) in [5.74, 6) is -5.59. The topological polar surface area (TPSA) is 136 Å². The van der Waals surface area contributed by atoms with E-state index in [0.717, 1.165) is 32.1 Å². The van der Waals surface area contributed by atoms with Crippen LogP contribution in [0.5, 0.6) is 0 Å². The third-order valence-electron chi connectivity index (χ3n) is 6.03. The molecule has 2 aliphatic rings. The molecule has 8 nitrogen and oxygen atoms in total. The third-order valence-corrected chi connectivity index (χ3v) is 6.03. The van der Waals surface area contributed by atoms with Gasteiger partial charge in [0.2, 0.25) is 0 Å². The number of halogens is 6. The van der Waals surface area contributed by atoms with Crippen molar-refractivity contribution in [3.8, 4) is 0 Å². The number of hydrogen-bond donors (Lipinski definition) is 5. The van der Waals surface area contributed by atoms with Crippen LogP contribution in [-0.2, 0) is 14.4 Å². The van der Waals surface area contributed by atoms with E-state index in [1.54, 1.807) is 5.57 Å². The molecule has 2 fully saturated rings. The molecular weight excluding hydrogens is 538 g/mol. The monoisotopic (exact) mass is 570 g/mol. The zero-order valence-electron chi connectivity index (χ0n) is 21.1. The lowest BCUT2D eigenvalue weighted by Crippen LogP contribution is -2.42. The minimum absolute atomic E-state index is 0.0810. The van der Waals surface area contributed by atoms with Crippen molar-refractivity contribution in [3.63, 3.8) is 0 Å². The van der Waals surface area contributed by atoms with Gasteiger partial charge in [-0.15, -0.1) is 0 Å². The molecule has 220 valence electrons. The van der Waals surface area contributed by atoms with E-state index in [1.165, 1.54) is 12.0 Å². The van der Waals surface area contributed by atoms with Gasteiger partial charge in [0.1, 0.15) is 0 Å². The first-order valence-electron chi connectivity index (χ1n) is 12.1. The van der Waals surface area contributed by atoms with Crippen molar-refractivity contribution in [1.29, 1.82) is 0 Å². The van der Waals surface area contributed by atoms with Crippen LogP contribution < -0.4 is 10.6 Å². The Labute approximate surface area is 221 Å². The van der Waals surface area contributed by atoms with Crippen LogP contribution in [0.3, 0.4) is 0 Å². The predicted octanol–water partition coefficient (Wildman–Crippen LogP) is 4.71. The third kappa shape index (κ3) is 14.0. The fraction of sp³-hybridized carbons (Fsp3) is 0.560. The van der Waals surface area contributed by atoms with Gasteiger partial charge in [-0.25, -0.2) is 9.59 Å². The van der Waals surface area contributed by atoms with Crippen molar-refractivity contribution >= 4 is 24.0 Å². The normalized spacial score (nSPS) is 22.9. The van der Waals surface area contributed by atoms with Gasteiger partial charge in [0.15, 0.2) is 0 Å². The summed E-state index contributed by atoms with van der Waals surface area (Å²) in [6.45, 7) is 2.33. The first kappa shape index (κ1) is 33.9. The molecule has 0 bridgehead atoms. The van der Waals surface area contributed by atoms with E-state index in [1.807, 2.05) is 0 Å². The Hall–Kier alpha value is -3.13. The highest BCUT2D eigenvalue weighted by atomic mass is 19.4. The number of aliphatic carboxylic acids is 3. The number of nitrogens with one attached hydrogen (secondary N) is 2. The number of alkyl halides is 6. The maximum atomic E-state index is 10.6. The quantitative estimate of drug-likeness (QED) is 0.284. The second-order valence-electron chi connectivity index (χ2n) is 9.03. The van der Waals surface area contributed by atoms with E-state index < -0.39 is 30.3 Å². The molecule has 0 spiro atoms. The average Bonchev–Trinajstić information content (AvgIpc) is 3.61. The summed E-state index contributed by atoms with van der Waals surface area (Å²) in [5, 5.41) is 30.0. The Kier molecular flexibility index (Phi) is 13.4. The van der Waals surface area contributed by atoms with E-state index in [-0.39, 0.29) is 6.54 Å². The molecule has 3 rings (SSSR count). The van der Waals surface area contributed by atoms with Crippen LogP contribution in [0.1, 0.15) is 51.0 Å². The van der Waals surface area contributed by atoms with Gasteiger partial charge in [0.25, 0.3) is 0 Å². The van der Waals surface area contributed by atoms with Crippen molar-refractivity contribution in [3.05, 3.63) is 41.5 Å². The Morgan fingerprint density at radius 1 is 0.872 bits per heavy atom. The van der Waals surface area contributed by atoms with Crippen LogP contribution in [0.25, 0.3) is 6.08 Å². The Morgan fingerprint density at radius 3 is 1.74 bits per heavy atom. The molecule has 1 aromatic rings. The molecule has 0 aromatic heterocycles. The van der Waals surface area contributed by atoms with E-state index in [4.69, 9.17) is 24.9 Å². The molecule has 0 unspecified atom stereocenters. The van der Waals surface area contributed by atoms with Crippen LogP contribution in [0.15, 0.2) is 35.9 Å². The van der Waals surface area contributed by atoms with Gasteiger partial charge in [0.05, 0.1) is 6.54 Å². The summed E-state index contributed by atoms with van der Waals surface area (Å²) in [6, 6.07) is 12.2. The van der Waals surface area contributed by atoms with E-state index in [2.05, 4.69) is 54.0 Å².